The van der Waals surface area contributed by atoms with Crippen molar-refractivity contribution < 1.29 is 14.3 Å². The van der Waals surface area contributed by atoms with Crippen molar-refractivity contribution in [3.8, 4) is 17.3 Å². The topological polar surface area (TPSA) is 127 Å². The van der Waals surface area contributed by atoms with Gasteiger partial charge in [-0.2, -0.15) is 5.10 Å². The molecule has 136 valence electrons. The Hall–Kier alpha value is -2.97. The number of nitrogens with two attached hydrogens (primary N) is 1. The molecule has 1 aliphatic heterocycles. The summed E-state index contributed by atoms with van der Waals surface area (Å²) in [6.07, 6.45) is 4.45. The summed E-state index contributed by atoms with van der Waals surface area (Å²) >= 11 is 0. The van der Waals surface area contributed by atoms with E-state index in [2.05, 4.69) is 20.2 Å². The molecule has 9 heteroatoms. The predicted molar refractivity (Wildman–Crippen MR) is 91.1 cm³/mol. The molecule has 2 aromatic heterocycles. The van der Waals surface area contributed by atoms with E-state index in [-0.39, 0.29) is 23.3 Å². The fraction of sp³-hybridized carbons (Fsp3) is 0.471. The Morgan fingerprint density at radius 1 is 1.35 bits per heavy atom. The van der Waals surface area contributed by atoms with Gasteiger partial charge < -0.3 is 15.4 Å². The number of aromatic amines is 1. The van der Waals surface area contributed by atoms with E-state index in [4.69, 9.17) is 10.5 Å². The first-order chi connectivity index (χ1) is 12.5. The molecule has 1 aliphatic carbocycles. The zero-order valence-electron chi connectivity index (χ0n) is 14.4. The molecule has 26 heavy (non-hydrogen) atoms. The van der Waals surface area contributed by atoms with E-state index in [9.17, 15) is 9.59 Å². The Labute approximate surface area is 149 Å². The zero-order chi connectivity index (χ0) is 18.3. The number of ether oxygens (including phenoxy) is 1. The first-order valence-corrected chi connectivity index (χ1v) is 8.55. The van der Waals surface area contributed by atoms with E-state index in [1.807, 2.05) is 4.90 Å². The number of hydrogen-bond acceptors (Lipinski definition) is 6. The van der Waals surface area contributed by atoms with Gasteiger partial charge in [0.05, 0.1) is 18.5 Å². The van der Waals surface area contributed by atoms with Gasteiger partial charge in [0.25, 0.3) is 5.91 Å². The highest BCUT2D eigenvalue weighted by molar-refractivity contribution is 5.94. The summed E-state index contributed by atoms with van der Waals surface area (Å²) in [6, 6.07) is 3.35. The van der Waals surface area contributed by atoms with Gasteiger partial charge in [0.1, 0.15) is 6.33 Å². The molecule has 0 radical (unpaired) electrons. The van der Waals surface area contributed by atoms with Crippen LogP contribution in [0.4, 0.5) is 0 Å². The smallest absolute Gasteiger partial charge is 0.274 e. The molecule has 1 spiro atoms. The van der Waals surface area contributed by atoms with Crippen LogP contribution in [0.3, 0.4) is 0 Å². The molecule has 4 rings (SSSR count). The standard InChI is InChI=1S/C17H20N6O3/c1-26-14-7-11(19-9-20-14)12-6-13(22-21-12)16(25)23-5-2-10(15(18)24)8-17(23)3-4-17/h6-7,9-10H,2-5,8H2,1H3,(H2,18,24)(H,21,22). The van der Waals surface area contributed by atoms with Gasteiger partial charge in [-0.15, -0.1) is 0 Å². The van der Waals surface area contributed by atoms with Crippen LogP contribution >= 0.6 is 0 Å². The summed E-state index contributed by atoms with van der Waals surface area (Å²) in [5.41, 5.74) is 6.77. The fourth-order valence-electron chi connectivity index (χ4n) is 3.67. The van der Waals surface area contributed by atoms with Gasteiger partial charge in [0.15, 0.2) is 5.69 Å². The van der Waals surface area contributed by atoms with Crippen LogP contribution in [0, 0.1) is 5.92 Å². The number of likely N-dealkylation sites (tertiary alicyclic amines) is 1. The van der Waals surface area contributed by atoms with Crippen LogP contribution in [0.2, 0.25) is 0 Å². The van der Waals surface area contributed by atoms with Gasteiger partial charge in [-0.05, 0) is 31.7 Å². The monoisotopic (exact) mass is 356 g/mol. The molecule has 1 saturated heterocycles. The zero-order valence-corrected chi connectivity index (χ0v) is 14.4. The maximum atomic E-state index is 13.0. The number of hydrogen-bond donors (Lipinski definition) is 2. The number of nitrogens with one attached hydrogen (secondary N) is 1. The Kier molecular flexibility index (Phi) is 3.86. The third kappa shape index (κ3) is 2.79. The Bertz CT molecular complexity index is 860. The van der Waals surface area contributed by atoms with Crippen molar-refractivity contribution >= 4 is 11.8 Å². The molecular formula is C17H20N6O3. The molecule has 3 N–H and O–H groups in total. The van der Waals surface area contributed by atoms with Crippen LogP contribution < -0.4 is 10.5 Å². The summed E-state index contributed by atoms with van der Waals surface area (Å²) in [5, 5.41) is 7.01. The largest absolute Gasteiger partial charge is 0.481 e. The van der Waals surface area contributed by atoms with Crippen molar-refractivity contribution in [3.63, 3.8) is 0 Å². The van der Waals surface area contributed by atoms with Crippen molar-refractivity contribution in [2.45, 2.75) is 31.2 Å². The average molecular weight is 356 g/mol. The summed E-state index contributed by atoms with van der Waals surface area (Å²) in [5.74, 6) is -0.121. The number of amides is 2. The molecule has 0 aromatic carbocycles. The van der Waals surface area contributed by atoms with E-state index in [0.29, 0.717) is 42.3 Å². The van der Waals surface area contributed by atoms with E-state index in [0.717, 1.165) is 12.8 Å². The molecular weight excluding hydrogens is 336 g/mol. The van der Waals surface area contributed by atoms with E-state index in [1.165, 1.54) is 13.4 Å². The van der Waals surface area contributed by atoms with Crippen LogP contribution in [-0.2, 0) is 4.79 Å². The summed E-state index contributed by atoms with van der Waals surface area (Å²) in [7, 11) is 1.53. The van der Waals surface area contributed by atoms with Gasteiger partial charge in [0.2, 0.25) is 11.8 Å². The van der Waals surface area contributed by atoms with Crippen LogP contribution in [0.15, 0.2) is 18.5 Å². The second kappa shape index (κ2) is 6.08. The Morgan fingerprint density at radius 3 is 2.85 bits per heavy atom. The van der Waals surface area contributed by atoms with Gasteiger partial charge in [0, 0.05) is 24.1 Å². The van der Waals surface area contributed by atoms with E-state index < -0.39 is 0 Å². The molecule has 2 aromatic rings. The highest BCUT2D eigenvalue weighted by Crippen LogP contribution is 2.50. The van der Waals surface area contributed by atoms with Gasteiger partial charge in [-0.25, -0.2) is 9.97 Å². The van der Waals surface area contributed by atoms with Crippen molar-refractivity contribution in [2.24, 2.45) is 11.7 Å². The Balaban J connectivity index is 1.54. The highest BCUT2D eigenvalue weighted by atomic mass is 16.5. The minimum absolute atomic E-state index is 0.131. The predicted octanol–water partition coefficient (Wildman–Crippen LogP) is 0.745. The number of rotatable bonds is 4. The van der Waals surface area contributed by atoms with Gasteiger partial charge in [-0.1, -0.05) is 0 Å². The summed E-state index contributed by atoms with van der Waals surface area (Å²) < 4.78 is 5.09. The number of primary amides is 1. The third-order valence-corrected chi connectivity index (χ3v) is 5.30. The molecule has 2 fully saturated rings. The first-order valence-electron chi connectivity index (χ1n) is 8.55. The number of aromatic nitrogens is 4. The number of carbonyl (C=O) groups excluding carboxylic acids is 2. The van der Waals surface area contributed by atoms with Gasteiger partial charge >= 0.3 is 0 Å². The van der Waals surface area contributed by atoms with Crippen molar-refractivity contribution in [1.29, 1.82) is 0 Å². The van der Waals surface area contributed by atoms with Crippen LogP contribution in [0.1, 0.15) is 36.2 Å². The number of methoxy groups -OCH3 is 1. The Morgan fingerprint density at radius 2 is 2.15 bits per heavy atom. The second-order valence-corrected chi connectivity index (χ2v) is 6.89. The number of piperidine rings is 1. The SMILES string of the molecule is COc1cc(-c2cc(C(=O)N3CCC(C(N)=O)CC34CC4)n[nH]2)ncn1. The van der Waals surface area contributed by atoms with Crippen LogP contribution in [0.25, 0.3) is 11.4 Å². The van der Waals surface area contributed by atoms with Crippen molar-refractivity contribution in [3.05, 3.63) is 24.2 Å². The molecule has 1 saturated carbocycles. The fourth-order valence-corrected chi connectivity index (χ4v) is 3.67. The van der Waals surface area contributed by atoms with Gasteiger partial charge in [-0.3, -0.25) is 14.7 Å². The summed E-state index contributed by atoms with van der Waals surface area (Å²) in [4.78, 5) is 34.5. The molecule has 3 heterocycles. The molecule has 1 unspecified atom stereocenters. The number of H-pyrrole nitrogens is 1. The normalized spacial score (nSPS) is 20.8. The maximum Gasteiger partial charge on any atom is 0.274 e. The van der Waals surface area contributed by atoms with Crippen molar-refractivity contribution in [2.75, 3.05) is 13.7 Å². The second-order valence-electron chi connectivity index (χ2n) is 6.89. The van der Waals surface area contributed by atoms with E-state index >= 15 is 0 Å². The average Bonchev–Trinajstić information content (AvgIpc) is 3.22. The minimum Gasteiger partial charge on any atom is -0.481 e. The molecule has 2 aliphatic rings. The molecule has 0 bridgehead atoms. The molecule has 9 nitrogen and oxygen atoms in total. The third-order valence-electron chi connectivity index (χ3n) is 5.30. The van der Waals surface area contributed by atoms with Crippen LogP contribution in [0.5, 0.6) is 5.88 Å². The van der Waals surface area contributed by atoms with Crippen LogP contribution in [-0.4, -0.2) is 56.1 Å². The lowest BCUT2D eigenvalue weighted by atomic mass is 9.88. The summed E-state index contributed by atoms with van der Waals surface area (Å²) in [6.45, 7) is 0.524. The van der Waals surface area contributed by atoms with E-state index in [1.54, 1.807) is 12.1 Å². The maximum absolute atomic E-state index is 13.0. The number of carbonyl (C=O) groups is 2. The molecule has 1 atom stereocenters. The lowest BCUT2D eigenvalue weighted by molar-refractivity contribution is -0.123. The highest BCUT2D eigenvalue weighted by Gasteiger charge is 2.54. The minimum atomic E-state index is -0.275. The van der Waals surface area contributed by atoms with Crippen molar-refractivity contribution in [1.82, 2.24) is 25.1 Å². The lowest BCUT2D eigenvalue weighted by Crippen LogP contribution is -2.50. The molecule has 2 amide bonds. The quantitative estimate of drug-likeness (QED) is 0.832. The first kappa shape index (κ1) is 16.5. The number of nitrogens with zero attached hydrogens (tertiary/aromatic N) is 4. The lowest BCUT2D eigenvalue weighted by Gasteiger charge is -2.38.